The first-order chi connectivity index (χ1) is 14.7. The molecule has 1 fully saturated rings. The third-order valence-electron chi connectivity index (χ3n) is 5.36. The van der Waals surface area contributed by atoms with Gasteiger partial charge in [0, 0.05) is 29.1 Å². The van der Waals surface area contributed by atoms with E-state index in [2.05, 4.69) is 20.7 Å². The molecule has 3 aromatic rings. The van der Waals surface area contributed by atoms with Gasteiger partial charge in [0.2, 0.25) is 17.7 Å². The van der Waals surface area contributed by atoms with Gasteiger partial charge in [0.1, 0.15) is 5.82 Å². The lowest BCUT2D eigenvalue weighted by Crippen LogP contribution is -2.27. The summed E-state index contributed by atoms with van der Waals surface area (Å²) in [6.45, 7) is 0. The smallest absolute Gasteiger partial charge is 0.248 e. The predicted octanol–water partition coefficient (Wildman–Crippen LogP) is 4.83. The Hall–Kier alpha value is -2.94. The average molecular weight is 450 g/mol. The molecular weight excluding hydrogens is 431 g/mol. The molecule has 10 heteroatoms. The third kappa shape index (κ3) is 4.87. The number of nitrogens with zero attached hydrogens (tertiary/aromatic N) is 4. The highest BCUT2D eigenvalue weighted by Gasteiger charge is 2.45. The van der Waals surface area contributed by atoms with E-state index < -0.39 is 29.5 Å². The Morgan fingerprint density at radius 1 is 1.26 bits per heavy atom. The van der Waals surface area contributed by atoms with Gasteiger partial charge in [-0.1, -0.05) is 35.9 Å². The minimum Gasteiger partial charge on any atom is -0.325 e. The number of halogens is 4. The van der Waals surface area contributed by atoms with Gasteiger partial charge >= 0.3 is 0 Å². The molecule has 1 N–H and O–H groups in total. The molecule has 0 radical (unpaired) electrons. The molecule has 0 aliphatic heterocycles. The zero-order chi connectivity index (χ0) is 22.2. The van der Waals surface area contributed by atoms with Gasteiger partial charge in [-0.25, -0.2) is 13.2 Å². The van der Waals surface area contributed by atoms with Crippen molar-refractivity contribution >= 4 is 23.2 Å². The molecule has 4 rings (SSSR count). The molecule has 0 saturated heterocycles. The maximum atomic E-state index is 13.9. The number of tetrazole rings is 1. The number of carbonyl (C=O) groups is 1. The number of rotatable bonds is 5. The van der Waals surface area contributed by atoms with E-state index in [0.29, 0.717) is 17.0 Å². The van der Waals surface area contributed by atoms with Crippen molar-refractivity contribution in [3.8, 4) is 11.4 Å². The van der Waals surface area contributed by atoms with Crippen LogP contribution in [0.25, 0.3) is 11.4 Å². The lowest BCUT2D eigenvalue weighted by atomic mass is 9.83. The minimum atomic E-state index is -2.81. The topological polar surface area (TPSA) is 72.7 Å². The van der Waals surface area contributed by atoms with Crippen LogP contribution in [-0.4, -0.2) is 32.0 Å². The van der Waals surface area contributed by atoms with Gasteiger partial charge in [-0.05, 0) is 41.3 Å². The Labute approximate surface area is 181 Å². The molecule has 6 nitrogen and oxygen atoms in total. The van der Waals surface area contributed by atoms with Crippen molar-refractivity contribution in [3.05, 3.63) is 58.9 Å². The second-order valence-corrected chi connectivity index (χ2v) is 8.14. The van der Waals surface area contributed by atoms with Crippen LogP contribution in [0.1, 0.15) is 30.7 Å². The number of benzene rings is 2. The van der Waals surface area contributed by atoms with E-state index in [1.54, 1.807) is 31.3 Å². The van der Waals surface area contributed by atoms with E-state index in [1.165, 1.54) is 10.9 Å². The van der Waals surface area contributed by atoms with Gasteiger partial charge in [-0.15, -0.1) is 10.2 Å². The summed E-state index contributed by atoms with van der Waals surface area (Å²) in [6, 6.07) is 10.5. The van der Waals surface area contributed by atoms with E-state index in [1.807, 2.05) is 0 Å². The van der Waals surface area contributed by atoms with Gasteiger partial charge in [0.25, 0.3) is 0 Å². The second kappa shape index (κ2) is 8.30. The molecule has 2 unspecified atom stereocenters. The molecule has 162 valence electrons. The largest absolute Gasteiger partial charge is 0.325 e. The van der Waals surface area contributed by atoms with Crippen molar-refractivity contribution in [2.45, 2.75) is 31.1 Å². The van der Waals surface area contributed by atoms with Crippen LogP contribution in [0.2, 0.25) is 5.02 Å². The number of carbonyl (C=O) groups excluding carboxylic acids is 1. The maximum Gasteiger partial charge on any atom is 0.248 e. The van der Waals surface area contributed by atoms with Crippen molar-refractivity contribution in [3.63, 3.8) is 0 Å². The standard InChI is InChI=1S/C21H19ClF3N5O/c1-30-28-19(27-29-30)13-4-2-12(3-5-13)18(14-6-7-21(24,25)11-14)20(31)26-17-9-15(22)8-16(23)10-17/h2-5,8-10,14,18H,6-7,11H2,1H3,(H,26,31). The van der Waals surface area contributed by atoms with E-state index in [4.69, 9.17) is 11.6 Å². The summed E-state index contributed by atoms with van der Waals surface area (Å²) < 4.78 is 41.5. The zero-order valence-electron chi connectivity index (χ0n) is 16.5. The van der Waals surface area contributed by atoms with Crippen LogP contribution in [0.3, 0.4) is 0 Å². The lowest BCUT2D eigenvalue weighted by molar-refractivity contribution is -0.118. The number of hydrogen-bond donors (Lipinski definition) is 1. The summed E-state index contributed by atoms with van der Waals surface area (Å²) >= 11 is 5.86. The molecule has 0 bridgehead atoms. The number of hydrogen-bond acceptors (Lipinski definition) is 4. The van der Waals surface area contributed by atoms with Crippen LogP contribution >= 0.6 is 11.6 Å². The summed E-state index contributed by atoms with van der Waals surface area (Å²) in [4.78, 5) is 14.5. The molecule has 1 aliphatic rings. The SMILES string of the molecule is Cn1nnc(-c2ccc(C(C(=O)Nc3cc(F)cc(Cl)c3)C3CCC(F)(F)C3)cc2)n1. The van der Waals surface area contributed by atoms with Crippen LogP contribution in [0.4, 0.5) is 18.9 Å². The Kier molecular flexibility index (Phi) is 5.70. The minimum absolute atomic E-state index is 0.125. The van der Waals surface area contributed by atoms with Gasteiger partial charge in [-0.3, -0.25) is 4.79 Å². The quantitative estimate of drug-likeness (QED) is 0.605. The maximum absolute atomic E-state index is 13.9. The molecule has 1 saturated carbocycles. The fourth-order valence-corrected chi connectivity index (χ4v) is 4.21. The fraction of sp³-hybridized carbons (Fsp3) is 0.333. The monoisotopic (exact) mass is 449 g/mol. The molecule has 1 amide bonds. The molecule has 1 aromatic heterocycles. The van der Waals surface area contributed by atoms with Gasteiger partial charge in [0.05, 0.1) is 13.0 Å². The summed E-state index contributed by atoms with van der Waals surface area (Å²) in [5.74, 6) is -4.88. The number of amides is 1. The Bertz CT molecular complexity index is 1080. The number of anilines is 1. The molecule has 2 aromatic carbocycles. The normalized spacial score (nSPS) is 18.7. The summed E-state index contributed by atoms with van der Waals surface area (Å²) in [5.41, 5.74) is 1.44. The highest BCUT2D eigenvalue weighted by atomic mass is 35.5. The van der Waals surface area contributed by atoms with Crippen molar-refractivity contribution in [1.82, 2.24) is 20.2 Å². The van der Waals surface area contributed by atoms with E-state index in [0.717, 1.165) is 12.1 Å². The summed E-state index contributed by atoms with van der Waals surface area (Å²) in [6.07, 6.45) is -0.445. The van der Waals surface area contributed by atoms with Crippen molar-refractivity contribution in [2.24, 2.45) is 13.0 Å². The molecule has 1 heterocycles. The Morgan fingerprint density at radius 3 is 2.58 bits per heavy atom. The number of aryl methyl sites for hydroxylation is 1. The van der Waals surface area contributed by atoms with Crippen LogP contribution in [0, 0.1) is 11.7 Å². The van der Waals surface area contributed by atoms with Crippen LogP contribution in [-0.2, 0) is 11.8 Å². The van der Waals surface area contributed by atoms with Crippen LogP contribution in [0.5, 0.6) is 0 Å². The van der Waals surface area contributed by atoms with E-state index in [-0.39, 0.29) is 30.0 Å². The number of alkyl halides is 2. The number of nitrogens with one attached hydrogen (secondary N) is 1. The first-order valence-corrected chi connectivity index (χ1v) is 10.1. The van der Waals surface area contributed by atoms with Gasteiger partial charge in [-0.2, -0.15) is 4.80 Å². The molecule has 31 heavy (non-hydrogen) atoms. The summed E-state index contributed by atoms with van der Waals surface area (Å²) in [5, 5.41) is 14.6. The van der Waals surface area contributed by atoms with Crippen molar-refractivity contribution in [2.75, 3.05) is 5.32 Å². The van der Waals surface area contributed by atoms with E-state index >= 15 is 0 Å². The first-order valence-electron chi connectivity index (χ1n) is 9.69. The lowest BCUT2D eigenvalue weighted by Gasteiger charge is -2.23. The second-order valence-electron chi connectivity index (χ2n) is 7.71. The summed E-state index contributed by atoms with van der Waals surface area (Å²) in [7, 11) is 1.64. The molecule has 1 aliphatic carbocycles. The zero-order valence-corrected chi connectivity index (χ0v) is 17.3. The molecule has 2 atom stereocenters. The average Bonchev–Trinajstić information content (AvgIpc) is 3.27. The van der Waals surface area contributed by atoms with Crippen molar-refractivity contribution in [1.29, 1.82) is 0 Å². The van der Waals surface area contributed by atoms with Gasteiger partial charge in [0.15, 0.2) is 0 Å². The predicted molar refractivity (Wildman–Crippen MR) is 109 cm³/mol. The van der Waals surface area contributed by atoms with Crippen LogP contribution < -0.4 is 5.32 Å². The Balaban J connectivity index is 1.63. The van der Waals surface area contributed by atoms with E-state index in [9.17, 15) is 18.0 Å². The van der Waals surface area contributed by atoms with Crippen molar-refractivity contribution < 1.29 is 18.0 Å². The molecule has 0 spiro atoms. The fourth-order valence-electron chi connectivity index (χ4n) is 3.99. The van der Waals surface area contributed by atoms with Crippen LogP contribution in [0.15, 0.2) is 42.5 Å². The van der Waals surface area contributed by atoms with Gasteiger partial charge < -0.3 is 5.32 Å². The number of aromatic nitrogens is 4. The molecular formula is C21H19ClF3N5O. The Morgan fingerprint density at radius 2 is 2.00 bits per heavy atom. The highest BCUT2D eigenvalue weighted by Crippen LogP contribution is 2.46. The first kappa shape index (κ1) is 21.3. The third-order valence-corrected chi connectivity index (χ3v) is 5.58. The highest BCUT2D eigenvalue weighted by molar-refractivity contribution is 6.30.